The third-order valence-corrected chi connectivity index (χ3v) is 5.15. The molecular weight excluding hydrogens is 414 g/mol. The van der Waals surface area contributed by atoms with E-state index in [1.165, 1.54) is 12.1 Å². The van der Waals surface area contributed by atoms with Crippen molar-refractivity contribution >= 4 is 47.4 Å². The molecule has 0 aliphatic rings. The maximum Gasteiger partial charge on any atom is 0.241 e. The van der Waals surface area contributed by atoms with Crippen LogP contribution in [0.3, 0.4) is 0 Å². The molecule has 8 heteroatoms. The first kappa shape index (κ1) is 24.9. The largest absolute Gasteiger partial charge is 0.327 e. The Kier molecular flexibility index (Phi) is 8.63. The maximum absolute atomic E-state index is 13.5. The summed E-state index contributed by atoms with van der Waals surface area (Å²) in [6.07, 6.45) is 0.847. The molecule has 0 fully saturated rings. The van der Waals surface area contributed by atoms with Gasteiger partial charge in [-0.15, -0.1) is 24.8 Å². The number of anilines is 1. The lowest BCUT2D eigenvalue weighted by molar-refractivity contribution is -0.118. The molecule has 1 heterocycles. The highest BCUT2D eigenvalue weighted by molar-refractivity contribution is 5.95. The number of carbonyl (C=O) groups excluding carboxylic acids is 1. The molecule has 2 atom stereocenters. The number of nitrogens with two attached hydrogens (primary N) is 1. The van der Waals surface area contributed by atoms with E-state index in [0.717, 1.165) is 34.6 Å². The van der Waals surface area contributed by atoms with Gasteiger partial charge in [-0.3, -0.25) is 4.79 Å². The Bertz CT molecular complexity index is 1010. The van der Waals surface area contributed by atoms with Crippen molar-refractivity contribution in [1.82, 2.24) is 9.55 Å². The minimum Gasteiger partial charge on any atom is -0.327 e. The molecule has 0 aliphatic heterocycles. The summed E-state index contributed by atoms with van der Waals surface area (Å²) in [5.74, 6) is 0.371. The van der Waals surface area contributed by atoms with E-state index in [1.807, 2.05) is 50.6 Å². The van der Waals surface area contributed by atoms with Crippen molar-refractivity contribution in [2.24, 2.45) is 18.7 Å². The highest BCUT2D eigenvalue weighted by Crippen LogP contribution is 2.27. The van der Waals surface area contributed by atoms with Crippen LogP contribution >= 0.6 is 24.8 Å². The van der Waals surface area contributed by atoms with E-state index in [1.54, 1.807) is 6.07 Å². The number of aromatic nitrogens is 2. The molecule has 5 nitrogen and oxygen atoms in total. The number of halogens is 3. The predicted molar refractivity (Wildman–Crippen MR) is 121 cm³/mol. The van der Waals surface area contributed by atoms with Gasteiger partial charge in [-0.25, -0.2) is 9.37 Å². The van der Waals surface area contributed by atoms with E-state index in [9.17, 15) is 9.18 Å². The molecular formula is C21H27Cl2FN4O. The Balaban J connectivity index is 0.00000210. The first-order valence-electron chi connectivity index (χ1n) is 9.11. The first-order valence-corrected chi connectivity index (χ1v) is 9.11. The number of carbonyl (C=O) groups is 1. The number of hydrogen-bond acceptors (Lipinski definition) is 3. The van der Waals surface area contributed by atoms with Gasteiger partial charge in [0.1, 0.15) is 11.6 Å². The molecule has 0 aliphatic carbocycles. The number of amides is 1. The van der Waals surface area contributed by atoms with Crippen LogP contribution in [0.25, 0.3) is 22.4 Å². The second-order valence-electron chi connectivity index (χ2n) is 7.06. The SMILES string of the molecule is CCC(C)C(N)C(=O)Nc1ccc(-c2nc3cc(F)ccc3n2C)cc1C.Cl.Cl. The minimum atomic E-state index is -0.538. The van der Waals surface area contributed by atoms with Crippen LogP contribution in [0.5, 0.6) is 0 Å². The van der Waals surface area contributed by atoms with Gasteiger partial charge in [0.05, 0.1) is 17.1 Å². The smallest absolute Gasteiger partial charge is 0.241 e. The summed E-state index contributed by atoms with van der Waals surface area (Å²) >= 11 is 0. The molecule has 1 amide bonds. The van der Waals surface area contributed by atoms with Gasteiger partial charge < -0.3 is 15.6 Å². The number of aryl methyl sites for hydroxylation is 2. The highest BCUT2D eigenvalue weighted by Gasteiger charge is 2.20. The van der Waals surface area contributed by atoms with Crippen molar-refractivity contribution in [1.29, 1.82) is 0 Å². The van der Waals surface area contributed by atoms with Gasteiger partial charge in [-0.2, -0.15) is 0 Å². The van der Waals surface area contributed by atoms with Crippen molar-refractivity contribution in [3.05, 3.63) is 47.8 Å². The van der Waals surface area contributed by atoms with Crippen LogP contribution in [0, 0.1) is 18.7 Å². The van der Waals surface area contributed by atoms with Crippen molar-refractivity contribution in [2.75, 3.05) is 5.32 Å². The molecule has 3 N–H and O–H groups in total. The Morgan fingerprint density at radius 1 is 1.24 bits per heavy atom. The van der Waals surface area contributed by atoms with Crippen molar-refractivity contribution in [3.63, 3.8) is 0 Å². The van der Waals surface area contributed by atoms with Crippen LogP contribution in [0.15, 0.2) is 36.4 Å². The number of nitrogens with zero attached hydrogens (tertiary/aromatic N) is 2. The first-order chi connectivity index (χ1) is 12.8. The van der Waals surface area contributed by atoms with Gasteiger partial charge >= 0.3 is 0 Å². The summed E-state index contributed by atoms with van der Waals surface area (Å²) in [6.45, 7) is 5.91. The summed E-state index contributed by atoms with van der Waals surface area (Å²) < 4.78 is 15.4. The fourth-order valence-corrected chi connectivity index (χ4v) is 3.10. The third kappa shape index (κ3) is 5.07. The second kappa shape index (κ2) is 10.1. The lowest BCUT2D eigenvalue weighted by Crippen LogP contribution is -2.40. The van der Waals surface area contributed by atoms with Crippen molar-refractivity contribution in [3.8, 4) is 11.4 Å². The lowest BCUT2D eigenvalue weighted by atomic mass is 9.99. The molecule has 0 bridgehead atoms. The molecule has 29 heavy (non-hydrogen) atoms. The normalized spacial score (nSPS) is 12.6. The van der Waals surface area contributed by atoms with Gasteiger partial charge in [0, 0.05) is 24.4 Å². The molecule has 0 saturated carbocycles. The van der Waals surface area contributed by atoms with E-state index in [-0.39, 0.29) is 42.5 Å². The molecule has 2 aromatic carbocycles. The van der Waals surface area contributed by atoms with E-state index >= 15 is 0 Å². The average Bonchev–Trinajstić information content (AvgIpc) is 2.97. The summed E-state index contributed by atoms with van der Waals surface area (Å²) in [6, 6.07) is 9.75. The standard InChI is InChI=1S/C21H25FN4O.2ClH/c1-5-12(2)19(23)21(27)25-16-8-6-14(10-13(16)3)20-24-17-11-15(22)7-9-18(17)26(20)4;;/h6-12,19H,5,23H2,1-4H3,(H,25,27);2*1H. The van der Waals surface area contributed by atoms with Crippen LogP contribution in [-0.2, 0) is 11.8 Å². The fraction of sp³-hybridized carbons (Fsp3) is 0.333. The Morgan fingerprint density at radius 3 is 2.55 bits per heavy atom. The van der Waals surface area contributed by atoms with E-state index in [0.29, 0.717) is 5.52 Å². The van der Waals surface area contributed by atoms with Crippen LogP contribution in [-0.4, -0.2) is 21.5 Å². The summed E-state index contributed by atoms with van der Waals surface area (Å²) in [4.78, 5) is 16.9. The third-order valence-electron chi connectivity index (χ3n) is 5.15. The topological polar surface area (TPSA) is 72.9 Å². The molecule has 0 saturated heterocycles. The van der Waals surface area contributed by atoms with Gasteiger partial charge in [-0.1, -0.05) is 20.3 Å². The zero-order chi connectivity index (χ0) is 19.7. The summed E-state index contributed by atoms with van der Waals surface area (Å²) in [5, 5.41) is 2.91. The van der Waals surface area contributed by atoms with Crippen molar-refractivity contribution < 1.29 is 9.18 Å². The second-order valence-corrected chi connectivity index (χ2v) is 7.06. The molecule has 0 spiro atoms. The zero-order valence-electron chi connectivity index (χ0n) is 16.9. The van der Waals surface area contributed by atoms with E-state index in [2.05, 4.69) is 10.3 Å². The number of imidazole rings is 1. The fourth-order valence-electron chi connectivity index (χ4n) is 3.10. The van der Waals surface area contributed by atoms with Crippen LogP contribution < -0.4 is 11.1 Å². The number of fused-ring (bicyclic) bond motifs is 1. The molecule has 3 aromatic rings. The highest BCUT2D eigenvalue weighted by atomic mass is 35.5. The van der Waals surface area contributed by atoms with Gasteiger partial charge in [0.15, 0.2) is 0 Å². The van der Waals surface area contributed by atoms with Crippen LogP contribution in [0.4, 0.5) is 10.1 Å². The van der Waals surface area contributed by atoms with Crippen LogP contribution in [0.1, 0.15) is 25.8 Å². The Labute approximate surface area is 182 Å². The Hall–Kier alpha value is -2.15. The number of rotatable bonds is 5. The van der Waals surface area contributed by atoms with Crippen LogP contribution in [0.2, 0.25) is 0 Å². The number of nitrogens with one attached hydrogen (secondary N) is 1. The summed E-state index contributed by atoms with van der Waals surface area (Å²) in [7, 11) is 1.90. The summed E-state index contributed by atoms with van der Waals surface area (Å²) in [5.41, 5.74) is 10.0. The van der Waals surface area contributed by atoms with Crippen molar-refractivity contribution in [2.45, 2.75) is 33.2 Å². The van der Waals surface area contributed by atoms with Gasteiger partial charge in [0.2, 0.25) is 5.91 Å². The molecule has 1 aromatic heterocycles. The quantitative estimate of drug-likeness (QED) is 0.595. The van der Waals surface area contributed by atoms with E-state index in [4.69, 9.17) is 5.73 Å². The minimum absolute atomic E-state index is 0. The maximum atomic E-state index is 13.5. The monoisotopic (exact) mass is 440 g/mol. The van der Waals surface area contributed by atoms with Gasteiger partial charge in [-0.05, 0) is 48.7 Å². The van der Waals surface area contributed by atoms with E-state index < -0.39 is 6.04 Å². The molecule has 158 valence electrons. The number of benzene rings is 2. The zero-order valence-corrected chi connectivity index (χ0v) is 18.5. The predicted octanol–water partition coefficient (Wildman–Crippen LogP) is 4.84. The lowest BCUT2D eigenvalue weighted by Gasteiger charge is -2.18. The van der Waals surface area contributed by atoms with Gasteiger partial charge in [0.25, 0.3) is 0 Å². The Morgan fingerprint density at radius 2 is 1.93 bits per heavy atom. The number of hydrogen-bond donors (Lipinski definition) is 2. The molecule has 0 radical (unpaired) electrons. The average molecular weight is 441 g/mol. The molecule has 3 rings (SSSR count). The molecule has 2 unspecified atom stereocenters.